The Labute approximate surface area is 447 Å². The average molecular weight is 1070 g/mol. The van der Waals surface area contributed by atoms with Gasteiger partial charge in [0.2, 0.25) is 12.4 Å². The first-order valence-corrected chi connectivity index (χ1v) is 25.6. The van der Waals surface area contributed by atoms with Gasteiger partial charge in [-0.1, -0.05) is 46.9 Å². The number of aromatic nitrogens is 11. The molecule has 0 unspecified atom stereocenters. The maximum absolute atomic E-state index is 14.9. The molecule has 0 spiro atoms. The molecule has 76 heavy (non-hydrogen) atoms. The highest BCUT2D eigenvalue weighted by Gasteiger charge is 2.27. The molecule has 4 aromatic carbocycles. The van der Waals surface area contributed by atoms with E-state index in [1.807, 2.05) is 128 Å². The summed E-state index contributed by atoms with van der Waals surface area (Å²) in [5, 5.41) is 14.0. The predicted octanol–water partition coefficient (Wildman–Crippen LogP) is 10.6. The smallest absolute Gasteiger partial charge is 0.354 e. The van der Waals surface area contributed by atoms with E-state index in [0.717, 1.165) is 55.0 Å². The van der Waals surface area contributed by atoms with Gasteiger partial charge < -0.3 is 30.1 Å². The zero-order valence-electron chi connectivity index (χ0n) is 42.2. The van der Waals surface area contributed by atoms with Crippen LogP contribution in [0.5, 0.6) is 0 Å². The van der Waals surface area contributed by atoms with Crippen LogP contribution in [-0.2, 0) is 20.3 Å². The molecule has 0 amide bonds. The molecule has 0 radical (unpaired) electrons. The Morgan fingerprint density at radius 2 is 1.22 bits per heavy atom. The van der Waals surface area contributed by atoms with Crippen molar-refractivity contribution in [3.8, 4) is 17.1 Å². The van der Waals surface area contributed by atoms with Crippen molar-refractivity contribution < 1.29 is 4.57 Å². The Morgan fingerprint density at radius 3 is 1.92 bits per heavy atom. The van der Waals surface area contributed by atoms with Crippen LogP contribution in [0.4, 0.5) is 17.5 Å². The summed E-state index contributed by atoms with van der Waals surface area (Å²) in [7, 11) is 3.66. The number of aryl methyl sites for hydroxylation is 2. The molecule has 20 heteroatoms. The summed E-state index contributed by atoms with van der Waals surface area (Å²) in [5.74, 6) is 1.16. The molecule has 0 fully saturated rings. The van der Waals surface area contributed by atoms with E-state index in [2.05, 4.69) is 49.3 Å². The van der Waals surface area contributed by atoms with Crippen LogP contribution in [0.2, 0.25) is 15.1 Å². The molecular formula is C56H48Cl3N14O3+. The van der Waals surface area contributed by atoms with Gasteiger partial charge in [0.25, 0.3) is 0 Å². The normalized spacial score (nSPS) is 11.9. The Morgan fingerprint density at radius 1 is 0.632 bits per heavy atom. The number of halogens is 3. The predicted molar refractivity (Wildman–Crippen MR) is 304 cm³/mol. The van der Waals surface area contributed by atoms with E-state index in [1.54, 1.807) is 39.1 Å². The number of anilines is 3. The minimum absolute atomic E-state index is 0.0348. The lowest BCUT2D eigenvalue weighted by molar-refractivity contribution is -0.696. The van der Waals surface area contributed by atoms with Crippen LogP contribution in [0.3, 0.4) is 0 Å². The van der Waals surface area contributed by atoms with Crippen molar-refractivity contribution in [2.75, 3.05) is 23.0 Å². The second-order valence-corrected chi connectivity index (χ2v) is 20.4. The van der Waals surface area contributed by atoms with Crippen LogP contribution in [0.25, 0.3) is 82.9 Å². The number of nitrogens with zero attached hydrogens (tertiary/aromatic N) is 10. The number of aromatic amines is 1. The second-order valence-electron chi connectivity index (χ2n) is 19.1. The lowest BCUT2D eigenvalue weighted by atomic mass is 10.1. The van der Waals surface area contributed by atoms with Gasteiger partial charge in [0.1, 0.15) is 22.2 Å². The van der Waals surface area contributed by atoms with Crippen molar-refractivity contribution >= 4 is 118 Å². The fourth-order valence-corrected chi connectivity index (χ4v) is 11.4. The number of H-pyrrole nitrogens is 1. The van der Waals surface area contributed by atoms with E-state index >= 15 is 0 Å². The van der Waals surface area contributed by atoms with Crippen molar-refractivity contribution in [1.29, 1.82) is 0 Å². The second kappa shape index (κ2) is 18.4. The van der Waals surface area contributed by atoms with Crippen molar-refractivity contribution in [3.63, 3.8) is 0 Å². The first-order valence-electron chi connectivity index (χ1n) is 24.5. The van der Waals surface area contributed by atoms with Crippen molar-refractivity contribution in [3.05, 3.63) is 178 Å². The summed E-state index contributed by atoms with van der Waals surface area (Å²) in [5.41, 5.74) is 9.88. The summed E-state index contributed by atoms with van der Waals surface area (Å²) in [6.07, 6.45) is 3.60. The van der Waals surface area contributed by atoms with Gasteiger partial charge >= 0.3 is 17.1 Å². The zero-order valence-corrected chi connectivity index (χ0v) is 44.5. The van der Waals surface area contributed by atoms with Crippen LogP contribution < -0.4 is 37.6 Å². The molecule has 0 atom stereocenters. The summed E-state index contributed by atoms with van der Waals surface area (Å²) in [6, 6.07) is 29.9. The fraction of sp³-hybridized carbons (Fsp3) is 0.179. The van der Waals surface area contributed by atoms with E-state index in [9.17, 15) is 14.4 Å². The lowest BCUT2D eigenvalue weighted by Crippen LogP contribution is -2.42. The van der Waals surface area contributed by atoms with E-state index in [1.165, 1.54) is 0 Å². The highest BCUT2D eigenvalue weighted by molar-refractivity contribution is 6.33. The highest BCUT2D eigenvalue weighted by atomic mass is 35.5. The number of benzene rings is 4. The van der Waals surface area contributed by atoms with Crippen LogP contribution in [0.1, 0.15) is 42.4 Å². The Hall–Kier alpha value is -8.51. The third kappa shape index (κ3) is 7.59. The largest absolute Gasteiger partial charge is 0.371 e. The van der Waals surface area contributed by atoms with Gasteiger partial charge in [0, 0.05) is 82.6 Å². The molecule has 0 bridgehead atoms. The number of hydrogen-bond donors (Lipinski definition) is 4. The molecule has 0 aliphatic carbocycles. The average Bonchev–Trinajstić information content (AvgIpc) is 4.18. The molecule has 8 heterocycles. The molecule has 4 N–H and O–H groups in total. The Bertz CT molecular complexity index is 4620. The summed E-state index contributed by atoms with van der Waals surface area (Å²) >= 11 is 19.9. The number of nitrogens with one attached hydrogen (secondary N) is 4. The molecule has 0 saturated carbocycles. The number of rotatable bonds is 11. The minimum atomic E-state index is -0.526. The number of hydrogen-bond acceptors (Lipinski definition) is 10. The molecule has 12 rings (SSSR count). The molecule has 17 nitrogen and oxygen atoms in total. The van der Waals surface area contributed by atoms with Crippen molar-refractivity contribution in [2.24, 2.45) is 7.05 Å². The molecular weight excluding hydrogens is 1020 g/mol. The third-order valence-electron chi connectivity index (χ3n) is 14.4. The van der Waals surface area contributed by atoms with Gasteiger partial charge in [-0.2, -0.15) is 19.5 Å². The quantitative estimate of drug-likeness (QED) is 0.0910. The third-order valence-corrected chi connectivity index (χ3v) is 15.1. The van der Waals surface area contributed by atoms with Gasteiger partial charge in [-0.3, -0.25) is 18.7 Å². The minimum Gasteiger partial charge on any atom is -0.371 e. The molecule has 8 aromatic heterocycles. The van der Waals surface area contributed by atoms with E-state index in [0.29, 0.717) is 82.9 Å². The molecule has 12 aromatic rings. The lowest BCUT2D eigenvalue weighted by Gasteiger charge is -2.17. The van der Waals surface area contributed by atoms with Crippen molar-refractivity contribution in [1.82, 2.24) is 47.8 Å². The first kappa shape index (κ1) is 48.4. The van der Waals surface area contributed by atoms with E-state index in [4.69, 9.17) is 44.8 Å². The summed E-state index contributed by atoms with van der Waals surface area (Å²) in [6.45, 7) is 10.3. The Kier molecular flexibility index (Phi) is 11.7. The van der Waals surface area contributed by atoms with Gasteiger partial charge in [-0.15, -0.1) is 0 Å². The standard InChI is InChI=1S/C56H47Cl3N14O3/c1-28(2)70-44-20-17-35(59)25-38(44)48-50(70)53(67-55(75)72(48)41-13-9-21-61-30(41)4)63-27-69-22-10-14-42(31(69)5)73-47-37-24-34(58)16-19-43(37)68(7)49(47)52(66-56(73)76)62-26-32-11-8-12-40(29(32)3)71-46-36-23-33(57)15-18-39(36)64-45(46)51(60-6)65-54(71)74/h8-25,28H,26-27H2,1-7H3,(H3-,60,62,63,64,65,66,67,74,75,76)/p+1. The maximum Gasteiger partial charge on any atom is 0.354 e. The highest BCUT2D eigenvalue weighted by Crippen LogP contribution is 2.39. The molecule has 0 aliphatic heterocycles. The Balaban J connectivity index is 0.951. The zero-order chi connectivity index (χ0) is 53.0. The maximum atomic E-state index is 14.9. The van der Waals surface area contributed by atoms with Crippen LogP contribution in [-0.4, -0.2) is 54.8 Å². The van der Waals surface area contributed by atoms with Gasteiger partial charge in [0.15, 0.2) is 23.7 Å². The summed E-state index contributed by atoms with van der Waals surface area (Å²) < 4.78 is 11.0. The topological polar surface area (TPSA) is 183 Å². The van der Waals surface area contributed by atoms with E-state index < -0.39 is 17.1 Å². The van der Waals surface area contributed by atoms with Gasteiger partial charge in [-0.05, 0) is 118 Å². The number of pyridine rings is 2. The van der Waals surface area contributed by atoms with Crippen molar-refractivity contribution in [2.45, 2.75) is 53.9 Å². The van der Waals surface area contributed by atoms with E-state index in [-0.39, 0.29) is 19.3 Å². The summed E-state index contributed by atoms with van der Waals surface area (Å²) in [4.78, 5) is 64.9. The number of fused-ring (bicyclic) bond motifs is 9. The van der Waals surface area contributed by atoms with Crippen LogP contribution in [0, 0.1) is 20.8 Å². The van der Waals surface area contributed by atoms with Crippen LogP contribution >= 0.6 is 34.8 Å². The SMILES string of the molecule is CNc1nc(=O)n(-c2cccc(CNc3nc(=O)n(-c4ccc[n+](CNc5nc(=O)n(-c6cccnc6C)c6c7cc(Cl)ccc7n(C(C)C)c56)c4C)c4c5cc(Cl)ccc5n(C)c34)c2C)c2c1[nH]c1ccc(Cl)cc12. The molecule has 0 saturated heterocycles. The van der Waals surface area contributed by atoms with Gasteiger partial charge in [0.05, 0.1) is 44.7 Å². The van der Waals surface area contributed by atoms with Gasteiger partial charge in [-0.25, -0.2) is 14.4 Å². The molecule has 380 valence electrons. The molecule has 0 aliphatic rings. The fourth-order valence-electron chi connectivity index (χ4n) is 10.9. The monoisotopic (exact) mass is 1070 g/mol. The first-order chi connectivity index (χ1) is 36.6. The van der Waals surface area contributed by atoms with Crippen LogP contribution in [0.15, 0.2) is 124 Å².